The maximum absolute atomic E-state index is 12.9. The maximum atomic E-state index is 12.9. The highest BCUT2D eigenvalue weighted by molar-refractivity contribution is 5.76. The number of carbonyl (C=O) groups is 1. The number of ether oxygens (including phenoxy) is 2. The molecule has 6 N–H and O–H groups in total. The van der Waals surface area contributed by atoms with E-state index >= 15 is 0 Å². The molecule has 7 atom stereocenters. The van der Waals surface area contributed by atoms with Crippen molar-refractivity contribution < 1.29 is 39.8 Å². The zero-order valence-electron chi connectivity index (χ0n) is 36.3. The zero-order chi connectivity index (χ0) is 41.6. The predicted molar refractivity (Wildman–Crippen MR) is 235 cm³/mol. The minimum absolute atomic E-state index is 0.202. The molecular weight excluding hydrogens is 719 g/mol. The summed E-state index contributed by atoms with van der Waals surface area (Å²) in [5, 5.41) is 54.2. The normalized spacial score (nSPS) is 21.4. The summed E-state index contributed by atoms with van der Waals surface area (Å²) >= 11 is 0. The smallest absolute Gasteiger partial charge is 0.220 e. The molecule has 0 aromatic carbocycles. The van der Waals surface area contributed by atoms with Crippen LogP contribution in [0.25, 0.3) is 0 Å². The Kier molecular flexibility index (Phi) is 35.8. The number of allylic oxidation sites excluding steroid dienone is 7. The first-order valence-electron chi connectivity index (χ1n) is 23.4. The summed E-state index contributed by atoms with van der Waals surface area (Å²) in [6.45, 7) is 3.72. The lowest BCUT2D eigenvalue weighted by Gasteiger charge is -2.40. The number of unbranched alkanes of at least 4 members (excludes halogenated alkanes) is 22. The van der Waals surface area contributed by atoms with Gasteiger partial charge < -0.3 is 40.3 Å². The second-order valence-corrected chi connectivity index (χ2v) is 16.2. The Bertz CT molecular complexity index is 1030. The van der Waals surface area contributed by atoms with Gasteiger partial charge in [-0.3, -0.25) is 4.79 Å². The fraction of sp³-hybridized carbons (Fsp3) is 0.812. The molecule has 9 heteroatoms. The minimum Gasteiger partial charge on any atom is -0.394 e. The number of aliphatic hydroxyl groups is 5. The SMILES string of the molecule is CCCCCC/C=C\C/C=C\CCCCCCCC(=O)NC(COC1OC(CO)C(O)C(O)C1O)C(O)/C=C/CC/C=C/CCCCCCCCCCCCCC. The molecule has 57 heavy (non-hydrogen) atoms. The number of carbonyl (C=O) groups excluding carboxylic acids is 1. The van der Waals surface area contributed by atoms with Crippen molar-refractivity contribution in [2.45, 2.75) is 236 Å². The summed E-state index contributed by atoms with van der Waals surface area (Å²) in [6.07, 6.45) is 41.5. The fourth-order valence-electron chi connectivity index (χ4n) is 7.08. The van der Waals surface area contributed by atoms with Gasteiger partial charge in [0.25, 0.3) is 0 Å². The monoisotopic (exact) mass is 806 g/mol. The summed E-state index contributed by atoms with van der Waals surface area (Å²) in [6, 6.07) is -0.829. The highest BCUT2D eigenvalue weighted by atomic mass is 16.7. The third-order valence-corrected chi connectivity index (χ3v) is 10.9. The number of hydrogen-bond acceptors (Lipinski definition) is 8. The second-order valence-electron chi connectivity index (χ2n) is 16.2. The van der Waals surface area contributed by atoms with Gasteiger partial charge in [0.15, 0.2) is 6.29 Å². The number of rotatable bonds is 38. The van der Waals surface area contributed by atoms with Crippen LogP contribution in [0, 0.1) is 0 Å². The average molecular weight is 806 g/mol. The molecule has 0 aliphatic carbocycles. The zero-order valence-corrected chi connectivity index (χ0v) is 36.3. The van der Waals surface area contributed by atoms with Crippen molar-refractivity contribution in [3.8, 4) is 0 Å². The van der Waals surface area contributed by atoms with Gasteiger partial charge in [-0.15, -0.1) is 0 Å². The van der Waals surface area contributed by atoms with Crippen LogP contribution >= 0.6 is 0 Å². The standard InChI is InChI=1S/C48H87NO8/c1-3-5-7-9-11-13-15-17-19-21-22-23-25-27-29-31-33-35-37-42(51)41(40-56-48-47(55)46(54)45(53)43(39-50)57-48)49-44(52)38-36-34-32-30-28-26-24-20-18-16-14-12-10-8-6-4-2/h14,16,20,24,27,29,35,37,41-43,45-48,50-51,53-55H,3-13,15,17-19,21-23,25-26,28,30-34,36,38-40H2,1-2H3,(H,49,52)/b16-14-,24-20-,29-27+,37-35+. The predicted octanol–water partition coefficient (Wildman–Crippen LogP) is 9.84. The van der Waals surface area contributed by atoms with Crippen LogP contribution in [0.4, 0.5) is 0 Å². The molecule has 1 aliphatic rings. The molecule has 0 bridgehead atoms. The Morgan fingerprint density at radius 2 is 1.05 bits per heavy atom. The highest BCUT2D eigenvalue weighted by Gasteiger charge is 2.44. The minimum atomic E-state index is -1.57. The van der Waals surface area contributed by atoms with Crippen molar-refractivity contribution in [3.63, 3.8) is 0 Å². The molecule has 7 unspecified atom stereocenters. The highest BCUT2D eigenvalue weighted by Crippen LogP contribution is 2.22. The number of aliphatic hydroxyl groups excluding tert-OH is 5. The lowest BCUT2D eigenvalue weighted by atomic mass is 9.99. The van der Waals surface area contributed by atoms with Crippen LogP contribution in [-0.2, 0) is 14.3 Å². The molecule has 9 nitrogen and oxygen atoms in total. The molecule has 0 saturated carbocycles. The van der Waals surface area contributed by atoms with Crippen LogP contribution in [-0.4, -0.2) is 87.5 Å². The van der Waals surface area contributed by atoms with Gasteiger partial charge in [-0.2, -0.15) is 0 Å². The van der Waals surface area contributed by atoms with E-state index in [-0.39, 0.29) is 12.5 Å². The Balaban J connectivity index is 2.40. The van der Waals surface area contributed by atoms with Crippen LogP contribution < -0.4 is 5.32 Å². The number of hydrogen-bond donors (Lipinski definition) is 6. The van der Waals surface area contributed by atoms with Crippen molar-refractivity contribution >= 4 is 5.91 Å². The van der Waals surface area contributed by atoms with Crippen molar-refractivity contribution in [3.05, 3.63) is 48.6 Å². The first-order valence-corrected chi connectivity index (χ1v) is 23.4. The Morgan fingerprint density at radius 3 is 1.60 bits per heavy atom. The van der Waals surface area contributed by atoms with E-state index in [0.29, 0.717) is 6.42 Å². The quantitative estimate of drug-likeness (QED) is 0.0267. The molecule has 0 aromatic heterocycles. The van der Waals surface area contributed by atoms with Crippen molar-refractivity contribution in [2.75, 3.05) is 13.2 Å². The van der Waals surface area contributed by atoms with Crippen LogP contribution in [0.3, 0.4) is 0 Å². The first kappa shape index (κ1) is 53.2. The van der Waals surface area contributed by atoms with E-state index < -0.39 is 49.5 Å². The molecular formula is C48H87NO8. The number of nitrogens with one attached hydrogen (secondary N) is 1. The molecule has 1 saturated heterocycles. The fourth-order valence-corrected chi connectivity index (χ4v) is 7.08. The topological polar surface area (TPSA) is 149 Å². The largest absolute Gasteiger partial charge is 0.394 e. The summed E-state index contributed by atoms with van der Waals surface area (Å²) in [7, 11) is 0. The average Bonchev–Trinajstić information content (AvgIpc) is 3.21. The van der Waals surface area contributed by atoms with Crippen LogP contribution in [0.2, 0.25) is 0 Å². The molecule has 0 spiro atoms. The Hall–Kier alpha value is -1.85. The van der Waals surface area contributed by atoms with E-state index in [4.69, 9.17) is 9.47 Å². The molecule has 1 amide bonds. The van der Waals surface area contributed by atoms with E-state index in [1.54, 1.807) is 6.08 Å². The van der Waals surface area contributed by atoms with E-state index in [1.165, 1.54) is 109 Å². The Labute approximate surface area is 348 Å². The third-order valence-electron chi connectivity index (χ3n) is 10.9. The Morgan fingerprint density at radius 1 is 0.596 bits per heavy atom. The van der Waals surface area contributed by atoms with Crippen LogP contribution in [0.1, 0.15) is 194 Å². The van der Waals surface area contributed by atoms with Gasteiger partial charge >= 0.3 is 0 Å². The third kappa shape index (κ3) is 29.1. The molecule has 0 radical (unpaired) electrons. The second kappa shape index (κ2) is 38.4. The first-order chi connectivity index (χ1) is 27.8. The van der Waals surface area contributed by atoms with Gasteiger partial charge in [-0.1, -0.05) is 172 Å². The molecule has 1 aliphatic heterocycles. The van der Waals surface area contributed by atoms with Gasteiger partial charge in [-0.25, -0.2) is 0 Å². The van der Waals surface area contributed by atoms with E-state index in [9.17, 15) is 30.3 Å². The van der Waals surface area contributed by atoms with Crippen LogP contribution in [0.5, 0.6) is 0 Å². The van der Waals surface area contributed by atoms with E-state index in [2.05, 4.69) is 55.6 Å². The van der Waals surface area contributed by atoms with Crippen molar-refractivity contribution in [2.24, 2.45) is 0 Å². The van der Waals surface area contributed by atoms with Gasteiger partial charge in [0, 0.05) is 6.42 Å². The summed E-state index contributed by atoms with van der Waals surface area (Å²) < 4.78 is 11.2. The molecule has 332 valence electrons. The summed E-state index contributed by atoms with van der Waals surface area (Å²) in [5.74, 6) is -0.202. The maximum Gasteiger partial charge on any atom is 0.220 e. The van der Waals surface area contributed by atoms with Gasteiger partial charge in [-0.05, 0) is 64.2 Å². The number of amides is 1. The lowest BCUT2D eigenvalue weighted by Crippen LogP contribution is -2.60. The van der Waals surface area contributed by atoms with E-state index in [0.717, 1.165) is 64.2 Å². The van der Waals surface area contributed by atoms with E-state index in [1.807, 2.05) is 6.08 Å². The van der Waals surface area contributed by atoms with Crippen LogP contribution in [0.15, 0.2) is 48.6 Å². The van der Waals surface area contributed by atoms with Crippen molar-refractivity contribution in [1.82, 2.24) is 5.32 Å². The van der Waals surface area contributed by atoms with Gasteiger partial charge in [0.2, 0.25) is 5.91 Å². The molecule has 1 fully saturated rings. The van der Waals surface area contributed by atoms with Gasteiger partial charge in [0.05, 0.1) is 25.4 Å². The van der Waals surface area contributed by atoms with Crippen molar-refractivity contribution in [1.29, 1.82) is 0 Å². The lowest BCUT2D eigenvalue weighted by molar-refractivity contribution is -0.302. The summed E-state index contributed by atoms with van der Waals surface area (Å²) in [4.78, 5) is 12.9. The summed E-state index contributed by atoms with van der Waals surface area (Å²) in [5.41, 5.74) is 0. The van der Waals surface area contributed by atoms with Gasteiger partial charge in [0.1, 0.15) is 24.4 Å². The molecule has 1 heterocycles. The molecule has 1 rings (SSSR count). The molecule has 0 aromatic rings.